The van der Waals surface area contributed by atoms with Crippen molar-refractivity contribution in [3.05, 3.63) is 89.1 Å². The van der Waals surface area contributed by atoms with Crippen LogP contribution in [0.3, 0.4) is 0 Å². The number of hydrogen-bond acceptors (Lipinski definition) is 6. The Hall–Kier alpha value is -2.91. The summed E-state index contributed by atoms with van der Waals surface area (Å²) in [6.45, 7) is 2.50. The molecule has 2 N–H and O–H groups in total. The number of H-pyrrole nitrogens is 1. The quantitative estimate of drug-likeness (QED) is 0.405. The van der Waals surface area contributed by atoms with Crippen LogP contribution in [0.25, 0.3) is 10.9 Å². The summed E-state index contributed by atoms with van der Waals surface area (Å²) in [5.41, 5.74) is 1.95. The average molecular weight is 462 g/mol. The lowest BCUT2D eigenvalue weighted by molar-refractivity contribution is -0.0630. The number of hydrogen-bond donors (Lipinski definition) is 2. The number of nitrogens with zero attached hydrogens (tertiary/aromatic N) is 4. The molecule has 5 rings (SSSR count). The predicted octanol–water partition coefficient (Wildman–Crippen LogP) is 4.04. The van der Waals surface area contributed by atoms with Crippen LogP contribution in [0.1, 0.15) is 30.1 Å². The standard InChI is InChI=1S/C25H27N5O2S/c31-25(23-8-4-5-12-26-23)10-14-29(15-11-25)18-32-17-22(19-6-2-1-3-7-19)30-13-9-21-20(24(30)33)16-27-28-21/h1-9,12-13,16,22,31H,10-11,14-15,17-18H2,(H,27,28). The minimum Gasteiger partial charge on any atom is -0.383 e. The van der Waals surface area contributed by atoms with Gasteiger partial charge in [0, 0.05) is 25.5 Å². The van der Waals surface area contributed by atoms with Crippen LogP contribution in [0.4, 0.5) is 0 Å². The first kappa shape index (κ1) is 21.9. The highest BCUT2D eigenvalue weighted by Gasteiger charge is 2.35. The third-order valence-electron chi connectivity index (χ3n) is 6.43. The van der Waals surface area contributed by atoms with Gasteiger partial charge in [0.15, 0.2) is 0 Å². The van der Waals surface area contributed by atoms with Crippen molar-refractivity contribution >= 4 is 23.1 Å². The Bertz CT molecular complexity index is 1250. The van der Waals surface area contributed by atoms with Gasteiger partial charge in [0.05, 0.1) is 42.2 Å². The number of nitrogens with one attached hydrogen (secondary N) is 1. The van der Waals surface area contributed by atoms with Gasteiger partial charge in [-0.1, -0.05) is 48.6 Å². The van der Waals surface area contributed by atoms with Crippen LogP contribution in [0, 0.1) is 4.64 Å². The SMILES string of the molecule is OC1(c2ccccn2)CCN(COCC(c2ccccc2)n2ccc3[nH]ncc3c2=S)CC1. The van der Waals surface area contributed by atoms with E-state index in [4.69, 9.17) is 17.0 Å². The highest BCUT2D eigenvalue weighted by molar-refractivity contribution is 7.71. The second kappa shape index (κ2) is 9.52. The molecule has 1 fully saturated rings. The van der Waals surface area contributed by atoms with Crippen molar-refractivity contribution in [2.24, 2.45) is 0 Å². The molecular formula is C25H27N5O2S. The van der Waals surface area contributed by atoms with E-state index in [0.29, 0.717) is 26.2 Å². The maximum atomic E-state index is 11.0. The second-order valence-electron chi connectivity index (χ2n) is 8.52. The lowest BCUT2D eigenvalue weighted by Gasteiger charge is -2.37. The molecule has 7 nitrogen and oxygen atoms in total. The summed E-state index contributed by atoms with van der Waals surface area (Å²) in [6.07, 6.45) is 6.78. The molecule has 0 spiro atoms. The Morgan fingerprint density at radius 1 is 1.09 bits per heavy atom. The van der Waals surface area contributed by atoms with E-state index in [-0.39, 0.29) is 6.04 Å². The van der Waals surface area contributed by atoms with Crippen molar-refractivity contribution in [3.63, 3.8) is 0 Å². The van der Waals surface area contributed by atoms with E-state index in [9.17, 15) is 5.11 Å². The van der Waals surface area contributed by atoms with Gasteiger partial charge in [0.25, 0.3) is 0 Å². The van der Waals surface area contributed by atoms with E-state index in [1.54, 1.807) is 12.4 Å². The van der Waals surface area contributed by atoms with Gasteiger partial charge >= 0.3 is 0 Å². The van der Waals surface area contributed by atoms with E-state index in [2.05, 4.69) is 36.8 Å². The first-order valence-electron chi connectivity index (χ1n) is 11.2. The minimum absolute atomic E-state index is 0.0479. The Morgan fingerprint density at radius 3 is 2.64 bits per heavy atom. The third kappa shape index (κ3) is 4.60. The number of aliphatic hydroxyl groups is 1. The Balaban J connectivity index is 1.26. The van der Waals surface area contributed by atoms with Crippen molar-refractivity contribution in [1.82, 2.24) is 24.6 Å². The molecule has 4 aromatic rings. The number of piperidine rings is 1. The van der Waals surface area contributed by atoms with Crippen molar-refractivity contribution in [2.75, 3.05) is 26.4 Å². The maximum absolute atomic E-state index is 11.0. The van der Waals surface area contributed by atoms with Crippen molar-refractivity contribution in [3.8, 4) is 0 Å². The average Bonchev–Trinajstić information content (AvgIpc) is 3.35. The summed E-state index contributed by atoms with van der Waals surface area (Å²) in [5.74, 6) is 0. The maximum Gasteiger partial charge on any atom is 0.117 e. The summed E-state index contributed by atoms with van der Waals surface area (Å²) in [4.78, 5) is 6.59. The number of aromatic amines is 1. The number of rotatable bonds is 7. The Labute approximate surface area is 197 Å². The lowest BCUT2D eigenvalue weighted by atomic mass is 9.88. The summed E-state index contributed by atoms with van der Waals surface area (Å²) in [6, 6.07) is 17.9. The minimum atomic E-state index is -0.864. The number of pyridine rings is 2. The van der Waals surface area contributed by atoms with Crippen molar-refractivity contribution in [1.29, 1.82) is 0 Å². The number of fused-ring (bicyclic) bond motifs is 1. The van der Waals surface area contributed by atoms with Gasteiger partial charge in [-0.3, -0.25) is 15.0 Å². The van der Waals surface area contributed by atoms with Crippen LogP contribution in [-0.2, 0) is 10.3 Å². The molecule has 33 heavy (non-hydrogen) atoms. The molecule has 1 atom stereocenters. The fourth-order valence-corrected chi connectivity index (χ4v) is 4.80. The molecule has 0 saturated carbocycles. The van der Waals surface area contributed by atoms with Crippen LogP contribution in [0.15, 0.2) is 73.2 Å². The largest absolute Gasteiger partial charge is 0.383 e. The predicted molar refractivity (Wildman–Crippen MR) is 129 cm³/mol. The van der Waals surface area contributed by atoms with Crippen molar-refractivity contribution in [2.45, 2.75) is 24.5 Å². The molecule has 1 unspecified atom stereocenters. The van der Waals surface area contributed by atoms with E-state index < -0.39 is 5.60 Å². The zero-order valence-corrected chi connectivity index (χ0v) is 19.1. The molecule has 1 aromatic carbocycles. The molecule has 0 bridgehead atoms. The molecule has 1 aliphatic rings. The smallest absolute Gasteiger partial charge is 0.117 e. The highest BCUT2D eigenvalue weighted by Crippen LogP contribution is 2.31. The molecule has 3 aromatic heterocycles. The summed E-state index contributed by atoms with van der Waals surface area (Å²) in [7, 11) is 0. The highest BCUT2D eigenvalue weighted by atomic mass is 32.1. The van der Waals surface area contributed by atoms with Crippen LogP contribution in [0.2, 0.25) is 0 Å². The molecular weight excluding hydrogens is 434 g/mol. The second-order valence-corrected chi connectivity index (χ2v) is 8.90. The normalized spacial score (nSPS) is 17.2. The van der Waals surface area contributed by atoms with Crippen LogP contribution in [-0.4, -0.2) is 56.2 Å². The third-order valence-corrected chi connectivity index (χ3v) is 6.86. The summed E-state index contributed by atoms with van der Waals surface area (Å²) >= 11 is 5.77. The van der Waals surface area contributed by atoms with Gasteiger partial charge < -0.3 is 14.4 Å². The Kier molecular flexibility index (Phi) is 6.32. The van der Waals surface area contributed by atoms with E-state index >= 15 is 0 Å². The number of likely N-dealkylation sites (tertiary alicyclic amines) is 1. The molecule has 1 aliphatic heterocycles. The Morgan fingerprint density at radius 2 is 1.88 bits per heavy atom. The fourth-order valence-electron chi connectivity index (χ4n) is 4.45. The monoisotopic (exact) mass is 461 g/mol. The van der Waals surface area contributed by atoms with E-state index in [1.165, 1.54) is 0 Å². The molecule has 0 amide bonds. The molecule has 0 radical (unpaired) electrons. The zero-order chi connectivity index (χ0) is 22.7. The van der Waals surface area contributed by atoms with Gasteiger partial charge in [-0.2, -0.15) is 5.10 Å². The van der Waals surface area contributed by atoms with Gasteiger partial charge in [-0.15, -0.1) is 0 Å². The van der Waals surface area contributed by atoms with Crippen LogP contribution in [0.5, 0.6) is 0 Å². The van der Waals surface area contributed by atoms with Gasteiger partial charge in [0.1, 0.15) is 10.2 Å². The van der Waals surface area contributed by atoms with Gasteiger partial charge in [0.2, 0.25) is 0 Å². The van der Waals surface area contributed by atoms with E-state index in [1.807, 2.05) is 48.7 Å². The zero-order valence-electron chi connectivity index (χ0n) is 18.3. The topological polar surface area (TPSA) is 79.2 Å². The number of aromatic nitrogens is 4. The fraction of sp³-hybridized carbons (Fsp3) is 0.320. The van der Waals surface area contributed by atoms with Crippen molar-refractivity contribution < 1.29 is 9.84 Å². The van der Waals surface area contributed by atoms with Crippen LogP contribution >= 0.6 is 12.2 Å². The molecule has 1 saturated heterocycles. The first-order valence-corrected chi connectivity index (χ1v) is 11.6. The van der Waals surface area contributed by atoms with Gasteiger partial charge in [-0.05, 0) is 36.6 Å². The lowest BCUT2D eigenvalue weighted by Crippen LogP contribution is -2.44. The first-order chi connectivity index (χ1) is 16.1. The summed E-state index contributed by atoms with van der Waals surface area (Å²) < 4.78 is 9.02. The molecule has 4 heterocycles. The number of benzene rings is 1. The summed E-state index contributed by atoms with van der Waals surface area (Å²) in [5, 5.41) is 19.0. The molecule has 8 heteroatoms. The van der Waals surface area contributed by atoms with Gasteiger partial charge in [-0.25, -0.2) is 0 Å². The van der Waals surface area contributed by atoms with E-state index in [0.717, 1.165) is 39.9 Å². The molecule has 170 valence electrons. The molecule has 0 aliphatic carbocycles. The van der Waals surface area contributed by atoms with Crippen LogP contribution < -0.4 is 0 Å². The number of ether oxygens (including phenoxy) is 1.